The molecule has 0 saturated carbocycles. The number of nitrogens with zero attached hydrogens (tertiary/aromatic N) is 2. The molecular formula is C16H9ClF3N3OS. The number of aliphatic imine (C=N–C) groups is 1. The van der Waals surface area contributed by atoms with E-state index >= 15 is 0 Å². The Hall–Kier alpha value is -2.32. The number of amides is 1. The molecule has 1 aromatic carbocycles. The molecule has 2 heterocycles. The fraction of sp³-hybridized carbons (Fsp3) is 0.0625. The number of nitrogens with one attached hydrogen (secondary N) is 1. The van der Waals surface area contributed by atoms with Gasteiger partial charge in [0, 0.05) is 12.4 Å². The first-order valence-electron chi connectivity index (χ1n) is 6.89. The summed E-state index contributed by atoms with van der Waals surface area (Å²) in [6.07, 6.45) is 0.298. The average Bonchev–Trinajstić information content (AvgIpc) is 2.89. The Bertz CT molecular complexity index is 882. The summed E-state index contributed by atoms with van der Waals surface area (Å²) in [6, 6.07) is 6.33. The van der Waals surface area contributed by atoms with E-state index in [1.807, 2.05) is 0 Å². The third-order valence-corrected chi connectivity index (χ3v) is 4.36. The molecule has 0 aliphatic carbocycles. The topological polar surface area (TPSA) is 54.4 Å². The van der Waals surface area contributed by atoms with Gasteiger partial charge in [-0.05, 0) is 47.7 Å². The fourth-order valence-electron chi connectivity index (χ4n) is 1.98. The standard InChI is InChI=1S/C16H9ClF3N3OS/c17-11-4-3-10(16(18,19)20)7-12(11)22-15-23-14(24)13(25-15)6-9-2-1-5-21-8-9/h1-8H,(H,22,23,24)/b13-6-. The first kappa shape index (κ1) is 17.5. The van der Waals surface area contributed by atoms with Crippen molar-refractivity contribution in [3.63, 3.8) is 0 Å². The molecule has 0 bridgehead atoms. The highest BCUT2D eigenvalue weighted by Gasteiger charge is 2.31. The Labute approximate surface area is 149 Å². The third-order valence-electron chi connectivity index (χ3n) is 3.13. The van der Waals surface area contributed by atoms with E-state index in [1.54, 1.807) is 30.6 Å². The lowest BCUT2D eigenvalue weighted by Gasteiger charge is -2.08. The van der Waals surface area contributed by atoms with Crippen LogP contribution in [0.3, 0.4) is 0 Å². The maximum atomic E-state index is 12.8. The number of pyridine rings is 1. The van der Waals surface area contributed by atoms with E-state index in [0.717, 1.165) is 35.5 Å². The van der Waals surface area contributed by atoms with Crippen LogP contribution in [-0.2, 0) is 11.0 Å². The van der Waals surface area contributed by atoms with Crippen molar-refractivity contribution in [1.82, 2.24) is 10.3 Å². The Kier molecular flexibility index (Phi) is 4.82. The lowest BCUT2D eigenvalue weighted by Crippen LogP contribution is -2.19. The van der Waals surface area contributed by atoms with E-state index in [9.17, 15) is 18.0 Å². The maximum absolute atomic E-state index is 12.8. The summed E-state index contributed by atoms with van der Waals surface area (Å²) in [5.74, 6) is -0.393. The summed E-state index contributed by atoms with van der Waals surface area (Å²) in [6.45, 7) is 0. The Morgan fingerprint density at radius 2 is 2.08 bits per heavy atom. The number of aromatic nitrogens is 1. The van der Waals surface area contributed by atoms with Gasteiger partial charge in [-0.15, -0.1) is 0 Å². The summed E-state index contributed by atoms with van der Waals surface area (Å²) in [4.78, 5) is 20.3. The van der Waals surface area contributed by atoms with Crippen molar-refractivity contribution >= 4 is 46.2 Å². The summed E-state index contributed by atoms with van der Waals surface area (Å²) in [7, 11) is 0. The minimum absolute atomic E-state index is 0.0556. The number of rotatable bonds is 2. The molecular weight excluding hydrogens is 375 g/mol. The molecule has 128 valence electrons. The number of carbonyl (C=O) groups is 1. The molecule has 0 unspecified atom stereocenters. The molecule has 1 N–H and O–H groups in total. The molecule has 1 aliphatic heterocycles. The zero-order valence-electron chi connectivity index (χ0n) is 12.3. The van der Waals surface area contributed by atoms with Crippen molar-refractivity contribution in [2.45, 2.75) is 6.18 Å². The minimum atomic E-state index is -4.50. The molecule has 4 nitrogen and oxygen atoms in total. The highest BCUT2D eigenvalue weighted by molar-refractivity contribution is 8.18. The van der Waals surface area contributed by atoms with Crippen LogP contribution in [0.2, 0.25) is 5.02 Å². The van der Waals surface area contributed by atoms with E-state index in [-0.39, 0.29) is 15.9 Å². The molecule has 1 saturated heterocycles. The van der Waals surface area contributed by atoms with Gasteiger partial charge >= 0.3 is 6.18 Å². The van der Waals surface area contributed by atoms with Crippen LogP contribution in [0.4, 0.5) is 18.9 Å². The average molecular weight is 384 g/mol. The number of halogens is 4. The predicted octanol–water partition coefficient (Wildman–Crippen LogP) is 4.65. The van der Waals surface area contributed by atoms with Gasteiger partial charge in [0.05, 0.1) is 21.2 Å². The first-order valence-corrected chi connectivity index (χ1v) is 8.09. The molecule has 1 aromatic heterocycles. The number of carbonyl (C=O) groups excluding carboxylic acids is 1. The number of hydrogen-bond donors (Lipinski definition) is 1. The van der Waals surface area contributed by atoms with Gasteiger partial charge in [-0.1, -0.05) is 17.7 Å². The van der Waals surface area contributed by atoms with Gasteiger partial charge in [0.25, 0.3) is 5.91 Å². The smallest absolute Gasteiger partial charge is 0.300 e. The highest BCUT2D eigenvalue weighted by atomic mass is 35.5. The van der Waals surface area contributed by atoms with Crippen molar-refractivity contribution in [2.24, 2.45) is 4.99 Å². The Morgan fingerprint density at radius 1 is 1.28 bits per heavy atom. The number of alkyl halides is 3. The highest BCUT2D eigenvalue weighted by Crippen LogP contribution is 2.36. The molecule has 0 atom stereocenters. The van der Waals surface area contributed by atoms with Crippen molar-refractivity contribution in [3.05, 3.63) is 63.8 Å². The molecule has 0 radical (unpaired) electrons. The van der Waals surface area contributed by atoms with E-state index in [2.05, 4.69) is 15.3 Å². The largest absolute Gasteiger partial charge is 0.416 e. The Morgan fingerprint density at radius 3 is 2.76 bits per heavy atom. The third kappa shape index (κ3) is 4.21. The Balaban J connectivity index is 1.89. The maximum Gasteiger partial charge on any atom is 0.416 e. The van der Waals surface area contributed by atoms with E-state index < -0.39 is 17.6 Å². The second-order valence-electron chi connectivity index (χ2n) is 4.93. The zero-order valence-corrected chi connectivity index (χ0v) is 13.9. The van der Waals surface area contributed by atoms with Crippen LogP contribution in [-0.4, -0.2) is 16.1 Å². The lowest BCUT2D eigenvalue weighted by molar-refractivity contribution is -0.137. The molecule has 3 rings (SSSR count). The van der Waals surface area contributed by atoms with Gasteiger partial charge in [-0.3, -0.25) is 9.78 Å². The SMILES string of the molecule is O=C1NC(=Nc2cc(C(F)(F)F)ccc2Cl)S/C1=C\c1cccnc1. The number of thioether (sulfide) groups is 1. The fourth-order valence-corrected chi connectivity index (χ4v) is 2.97. The van der Waals surface area contributed by atoms with Crippen molar-refractivity contribution in [1.29, 1.82) is 0 Å². The molecule has 2 aromatic rings. The van der Waals surface area contributed by atoms with Crippen molar-refractivity contribution in [3.8, 4) is 0 Å². The molecule has 1 aliphatic rings. The minimum Gasteiger partial charge on any atom is -0.300 e. The summed E-state index contributed by atoms with van der Waals surface area (Å²) in [5.41, 5.74) is -0.211. The van der Waals surface area contributed by atoms with Crippen LogP contribution < -0.4 is 5.32 Å². The molecule has 0 spiro atoms. The molecule has 1 amide bonds. The van der Waals surface area contributed by atoms with Crippen LogP contribution >= 0.6 is 23.4 Å². The van der Waals surface area contributed by atoms with Gasteiger partial charge in [0.15, 0.2) is 5.17 Å². The second kappa shape index (κ2) is 6.89. The van der Waals surface area contributed by atoms with E-state index in [0.29, 0.717) is 4.91 Å². The number of hydrogen-bond acceptors (Lipinski definition) is 4. The second-order valence-corrected chi connectivity index (χ2v) is 6.37. The summed E-state index contributed by atoms with van der Waals surface area (Å²) >= 11 is 6.92. The van der Waals surface area contributed by atoms with Crippen LogP contribution in [0.25, 0.3) is 6.08 Å². The molecule has 1 fully saturated rings. The number of benzene rings is 1. The molecule has 25 heavy (non-hydrogen) atoms. The van der Waals surface area contributed by atoms with Crippen molar-refractivity contribution < 1.29 is 18.0 Å². The number of amidine groups is 1. The molecule has 9 heteroatoms. The normalized spacial score (nSPS) is 18.0. The zero-order chi connectivity index (χ0) is 18.0. The first-order chi connectivity index (χ1) is 11.8. The van der Waals surface area contributed by atoms with Gasteiger partial charge in [-0.25, -0.2) is 4.99 Å². The predicted molar refractivity (Wildman–Crippen MR) is 91.5 cm³/mol. The van der Waals surface area contributed by atoms with Crippen LogP contribution in [0, 0.1) is 0 Å². The van der Waals surface area contributed by atoms with Crippen LogP contribution in [0.5, 0.6) is 0 Å². The van der Waals surface area contributed by atoms with Crippen LogP contribution in [0.15, 0.2) is 52.6 Å². The lowest BCUT2D eigenvalue weighted by atomic mass is 10.2. The van der Waals surface area contributed by atoms with Crippen LogP contribution in [0.1, 0.15) is 11.1 Å². The van der Waals surface area contributed by atoms with E-state index in [1.165, 1.54) is 0 Å². The van der Waals surface area contributed by atoms with Gasteiger partial charge in [0.1, 0.15) is 0 Å². The van der Waals surface area contributed by atoms with Gasteiger partial charge in [-0.2, -0.15) is 13.2 Å². The van der Waals surface area contributed by atoms with E-state index in [4.69, 9.17) is 11.6 Å². The van der Waals surface area contributed by atoms with Gasteiger partial charge in [0.2, 0.25) is 0 Å². The summed E-state index contributed by atoms with van der Waals surface area (Å²) < 4.78 is 38.4. The summed E-state index contributed by atoms with van der Waals surface area (Å²) in [5, 5.41) is 2.71. The van der Waals surface area contributed by atoms with Crippen molar-refractivity contribution in [2.75, 3.05) is 0 Å². The monoisotopic (exact) mass is 383 g/mol. The quantitative estimate of drug-likeness (QED) is 0.768. The van der Waals surface area contributed by atoms with Gasteiger partial charge < -0.3 is 5.32 Å².